The molecule has 0 spiro atoms. The third-order valence-corrected chi connectivity index (χ3v) is 3.28. The molecule has 4 nitrogen and oxygen atoms in total. The van der Waals surface area contributed by atoms with E-state index in [0.29, 0.717) is 18.6 Å². The molecular formula is C12H25N3O. The topological polar surface area (TPSA) is 58.4 Å². The van der Waals surface area contributed by atoms with E-state index in [1.165, 1.54) is 12.8 Å². The van der Waals surface area contributed by atoms with Crippen molar-refractivity contribution in [2.45, 2.75) is 51.1 Å². The van der Waals surface area contributed by atoms with E-state index in [2.05, 4.69) is 17.1 Å². The van der Waals surface area contributed by atoms with Crippen molar-refractivity contribution >= 4 is 5.91 Å². The number of hydrogen-bond acceptors (Lipinski definition) is 3. The smallest absolute Gasteiger partial charge is 0.234 e. The van der Waals surface area contributed by atoms with Crippen LogP contribution in [0.5, 0.6) is 0 Å². The van der Waals surface area contributed by atoms with Crippen LogP contribution in [0.4, 0.5) is 0 Å². The van der Waals surface area contributed by atoms with Gasteiger partial charge in [0.1, 0.15) is 0 Å². The Morgan fingerprint density at radius 3 is 2.88 bits per heavy atom. The largest absolute Gasteiger partial charge is 0.355 e. The van der Waals surface area contributed by atoms with E-state index >= 15 is 0 Å². The van der Waals surface area contributed by atoms with Gasteiger partial charge in [-0.2, -0.15) is 0 Å². The second kappa shape index (κ2) is 6.86. The summed E-state index contributed by atoms with van der Waals surface area (Å²) in [5, 5.41) is 2.90. The van der Waals surface area contributed by atoms with Gasteiger partial charge < -0.3 is 11.1 Å². The molecule has 0 aromatic carbocycles. The Bertz CT molecular complexity index is 220. The van der Waals surface area contributed by atoms with Crippen LogP contribution in [0.2, 0.25) is 0 Å². The van der Waals surface area contributed by atoms with Gasteiger partial charge in [0.25, 0.3) is 0 Å². The fourth-order valence-electron chi connectivity index (χ4n) is 2.28. The van der Waals surface area contributed by atoms with E-state index in [4.69, 9.17) is 5.73 Å². The van der Waals surface area contributed by atoms with Crippen molar-refractivity contribution in [3.8, 4) is 0 Å². The van der Waals surface area contributed by atoms with Crippen LogP contribution in [0, 0.1) is 0 Å². The molecule has 2 unspecified atom stereocenters. The summed E-state index contributed by atoms with van der Waals surface area (Å²) in [6.45, 7) is 3.33. The van der Waals surface area contributed by atoms with Crippen LogP contribution in [0.1, 0.15) is 39.0 Å². The van der Waals surface area contributed by atoms with Gasteiger partial charge in [-0.25, -0.2) is 0 Å². The maximum absolute atomic E-state index is 11.6. The highest BCUT2D eigenvalue weighted by atomic mass is 16.2. The Morgan fingerprint density at radius 2 is 2.25 bits per heavy atom. The average molecular weight is 227 g/mol. The molecule has 0 aliphatic heterocycles. The molecule has 0 saturated heterocycles. The summed E-state index contributed by atoms with van der Waals surface area (Å²) in [4.78, 5) is 13.7. The van der Waals surface area contributed by atoms with Crippen molar-refractivity contribution in [2.24, 2.45) is 5.73 Å². The molecule has 3 N–H and O–H groups in total. The van der Waals surface area contributed by atoms with Crippen molar-refractivity contribution in [1.82, 2.24) is 10.2 Å². The van der Waals surface area contributed by atoms with Gasteiger partial charge in [0.2, 0.25) is 5.91 Å². The van der Waals surface area contributed by atoms with Gasteiger partial charge in [0.05, 0.1) is 6.54 Å². The minimum absolute atomic E-state index is 0.128. The Labute approximate surface area is 98.6 Å². The molecule has 2 atom stereocenters. The average Bonchev–Trinajstić information content (AvgIpc) is 2.26. The van der Waals surface area contributed by atoms with Crippen molar-refractivity contribution < 1.29 is 4.79 Å². The summed E-state index contributed by atoms with van der Waals surface area (Å²) in [5.41, 5.74) is 5.95. The first-order valence-electron chi connectivity index (χ1n) is 6.36. The lowest BCUT2D eigenvalue weighted by molar-refractivity contribution is -0.122. The lowest BCUT2D eigenvalue weighted by Gasteiger charge is -2.33. The van der Waals surface area contributed by atoms with E-state index in [1.54, 1.807) is 0 Å². The van der Waals surface area contributed by atoms with Crippen molar-refractivity contribution in [3.63, 3.8) is 0 Å². The molecule has 0 aromatic heterocycles. The number of nitrogens with two attached hydrogens (primary N) is 1. The van der Waals surface area contributed by atoms with Gasteiger partial charge in [0.15, 0.2) is 0 Å². The molecule has 0 heterocycles. The number of carbonyl (C=O) groups is 1. The zero-order chi connectivity index (χ0) is 12.0. The summed E-state index contributed by atoms with van der Waals surface area (Å²) >= 11 is 0. The van der Waals surface area contributed by atoms with E-state index in [9.17, 15) is 4.79 Å². The van der Waals surface area contributed by atoms with Crippen LogP contribution in [-0.4, -0.2) is 43.0 Å². The predicted octanol–water partition coefficient (Wildman–Crippen LogP) is 0.714. The molecule has 0 aromatic rings. The summed E-state index contributed by atoms with van der Waals surface area (Å²) < 4.78 is 0. The SMILES string of the molecule is CCCNC(=O)CN(C)C1CCCC(N)C1. The fourth-order valence-corrected chi connectivity index (χ4v) is 2.28. The first kappa shape index (κ1) is 13.5. The molecule has 1 aliphatic rings. The zero-order valence-corrected chi connectivity index (χ0v) is 10.5. The molecule has 4 heteroatoms. The van der Waals surface area contributed by atoms with Gasteiger partial charge >= 0.3 is 0 Å². The highest BCUT2D eigenvalue weighted by Crippen LogP contribution is 2.20. The second-order valence-electron chi connectivity index (χ2n) is 4.85. The molecule has 94 valence electrons. The van der Waals surface area contributed by atoms with Gasteiger partial charge in [-0.1, -0.05) is 13.3 Å². The predicted molar refractivity (Wildman–Crippen MR) is 66.2 cm³/mol. The van der Waals surface area contributed by atoms with E-state index in [-0.39, 0.29) is 5.91 Å². The van der Waals surface area contributed by atoms with E-state index in [0.717, 1.165) is 25.8 Å². The number of likely N-dealkylation sites (N-methyl/N-ethyl adjacent to an activating group) is 1. The molecule has 0 radical (unpaired) electrons. The number of nitrogens with one attached hydrogen (secondary N) is 1. The summed E-state index contributed by atoms with van der Waals surface area (Å²) in [6, 6.07) is 0.802. The zero-order valence-electron chi connectivity index (χ0n) is 10.5. The molecule has 1 fully saturated rings. The molecule has 16 heavy (non-hydrogen) atoms. The number of rotatable bonds is 5. The molecule has 1 rings (SSSR count). The Kier molecular flexibility index (Phi) is 5.77. The summed E-state index contributed by atoms with van der Waals surface area (Å²) in [6.07, 6.45) is 5.51. The number of carbonyl (C=O) groups excluding carboxylic acids is 1. The van der Waals surface area contributed by atoms with Crippen LogP contribution in [-0.2, 0) is 4.79 Å². The van der Waals surface area contributed by atoms with Gasteiger partial charge in [-0.3, -0.25) is 9.69 Å². The van der Waals surface area contributed by atoms with Crippen LogP contribution in [0.15, 0.2) is 0 Å². The Balaban J connectivity index is 2.27. The normalized spacial score (nSPS) is 25.8. The minimum atomic E-state index is 0.128. The first-order chi connectivity index (χ1) is 7.63. The molecule has 0 bridgehead atoms. The van der Waals surface area contributed by atoms with Crippen LogP contribution >= 0.6 is 0 Å². The van der Waals surface area contributed by atoms with Crippen LogP contribution in [0.25, 0.3) is 0 Å². The van der Waals surface area contributed by atoms with Gasteiger partial charge in [-0.05, 0) is 32.7 Å². The lowest BCUT2D eigenvalue weighted by Crippen LogP contribution is -2.45. The van der Waals surface area contributed by atoms with Crippen LogP contribution < -0.4 is 11.1 Å². The highest BCUT2D eigenvalue weighted by molar-refractivity contribution is 5.77. The molecular weight excluding hydrogens is 202 g/mol. The number of hydrogen-bond donors (Lipinski definition) is 2. The summed E-state index contributed by atoms with van der Waals surface area (Å²) in [5.74, 6) is 0.128. The number of nitrogens with zero attached hydrogens (tertiary/aromatic N) is 1. The van der Waals surface area contributed by atoms with Crippen molar-refractivity contribution in [2.75, 3.05) is 20.1 Å². The molecule has 1 saturated carbocycles. The maximum atomic E-state index is 11.6. The van der Waals surface area contributed by atoms with Gasteiger partial charge in [-0.15, -0.1) is 0 Å². The third-order valence-electron chi connectivity index (χ3n) is 3.28. The highest BCUT2D eigenvalue weighted by Gasteiger charge is 2.23. The maximum Gasteiger partial charge on any atom is 0.234 e. The minimum Gasteiger partial charge on any atom is -0.355 e. The van der Waals surface area contributed by atoms with E-state index < -0.39 is 0 Å². The Hall–Kier alpha value is -0.610. The Morgan fingerprint density at radius 1 is 1.50 bits per heavy atom. The standard InChI is InChI=1S/C12H25N3O/c1-3-7-14-12(16)9-15(2)11-6-4-5-10(13)8-11/h10-11H,3-9,13H2,1-2H3,(H,14,16). The van der Waals surface area contributed by atoms with E-state index in [1.807, 2.05) is 7.05 Å². The lowest BCUT2D eigenvalue weighted by atomic mass is 9.91. The number of amides is 1. The monoisotopic (exact) mass is 227 g/mol. The van der Waals surface area contributed by atoms with Crippen molar-refractivity contribution in [1.29, 1.82) is 0 Å². The third kappa shape index (κ3) is 4.49. The molecule has 1 aliphatic carbocycles. The molecule has 1 amide bonds. The first-order valence-corrected chi connectivity index (χ1v) is 6.36. The quantitative estimate of drug-likeness (QED) is 0.727. The fraction of sp³-hybridized carbons (Fsp3) is 0.917. The summed E-state index contributed by atoms with van der Waals surface area (Å²) in [7, 11) is 2.02. The second-order valence-corrected chi connectivity index (χ2v) is 4.85. The van der Waals surface area contributed by atoms with Crippen LogP contribution in [0.3, 0.4) is 0 Å². The van der Waals surface area contributed by atoms with Crippen molar-refractivity contribution in [3.05, 3.63) is 0 Å². The van der Waals surface area contributed by atoms with Gasteiger partial charge in [0, 0.05) is 18.6 Å².